The SMILES string of the molecule is O=C(O)C(Oc1ccc(Cl)cc1)c1cccc(Cl)c1. The molecule has 0 bridgehead atoms. The van der Waals surface area contributed by atoms with Gasteiger partial charge in [0.25, 0.3) is 0 Å². The molecule has 0 spiro atoms. The average molecular weight is 297 g/mol. The Bertz CT molecular complexity index is 581. The lowest BCUT2D eigenvalue weighted by Gasteiger charge is -2.15. The molecule has 0 saturated carbocycles. The Morgan fingerprint density at radius 2 is 1.74 bits per heavy atom. The summed E-state index contributed by atoms with van der Waals surface area (Å²) in [4.78, 5) is 11.3. The minimum Gasteiger partial charge on any atom is -0.478 e. The summed E-state index contributed by atoms with van der Waals surface area (Å²) in [6, 6.07) is 13.1. The molecule has 2 aromatic rings. The van der Waals surface area contributed by atoms with Gasteiger partial charge in [-0.3, -0.25) is 0 Å². The maximum Gasteiger partial charge on any atom is 0.349 e. The fraction of sp³-hybridized carbons (Fsp3) is 0.0714. The molecule has 1 atom stereocenters. The maximum atomic E-state index is 11.3. The van der Waals surface area contributed by atoms with Crippen molar-refractivity contribution in [1.82, 2.24) is 0 Å². The summed E-state index contributed by atoms with van der Waals surface area (Å²) in [5, 5.41) is 10.3. The first-order valence-electron chi connectivity index (χ1n) is 5.47. The minimum absolute atomic E-state index is 0.428. The summed E-state index contributed by atoms with van der Waals surface area (Å²) < 4.78 is 5.46. The van der Waals surface area contributed by atoms with Gasteiger partial charge in [-0.05, 0) is 36.4 Å². The number of carboxylic acids is 1. The highest BCUT2D eigenvalue weighted by atomic mass is 35.5. The van der Waals surface area contributed by atoms with Gasteiger partial charge in [0.2, 0.25) is 6.10 Å². The van der Waals surface area contributed by atoms with Gasteiger partial charge in [-0.15, -0.1) is 0 Å². The Balaban J connectivity index is 2.26. The number of rotatable bonds is 4. The van der Waals surface area contributed by atoms with Gasteiger partial charge in [-0.2, -0.15) is 0 Å². The number of carboxylic acid groups (broad SMARTS) is 1. The van der Waals surface area contributed by atoms with Gasteiger partial charge < -0.3 is 9.84 Å². The fourth-order valence-corrected chi connectivity index (χ4v) is 1.90. The van der Waals surface area contributed by atoms with Crippen LogP contribution in [-0.2, 0) is 4.79 Å². The third-order valence-electron chi connectivity index (χ3n) is 2.44. The van der Waals surface area contributed by atoms with E-state index in [1.54, 1.807) is 48.5 Å². The molecule has 2 rings (SSSR count). The molecule has 0 aliphatic heterocycles. The van der Waals surface area contributed by atoms with Crippen LogP contribution in [0.15, 0.2) is 48.5 Å². The van der Waals surface area contributed by atoms with Gasteiger partial charge in [0, 0.05) is 15.6 Å². The quantitative estimate of drug-likeness (QED) is 0.920. The lowest BCUT2D eigenvalue weighted by Crippen LogP contribution is -2.18. The molecule has 0 amide bonds. The molecular formula is C14H10Cl2O3. The van der Waals surface area contributed by atoms with Crippen LogP contribution in [0.5, 0.6) is 5.75 Å². The van der Waals surface area contributed by atoms with E-state index >= 15 is 0 Å². The Labute approximate surface area is 120 Å². The van der Waals surface area contributed by atoms with E-state index < -0.39 is 12.1 Å². The zero-order valence-electron chi connectivity index (χ0n) is 9.72. The number of ether oxygens (including phenoxy) is 1. The first-order valence-corrected chi connectivity index (χ1v) is 6.22. The molecule has 1 unspecified atom stereocenters. The summed E-state index contributed by atoms with van der Waals surface area (Å²) in [7, 11) is 0. The van der Waals surface area contributed by atoms with Crippen LogP contribution in [0.25, 0.3) is 0 Å². The maximum absolute atomic E-state index is 11.3. The first kappa shape index (κ1) is 13.7. The van der Waals surface area contributed by atoms with Crippen LogP contribution in [0, 0.1) is 0 Å². The number of hydrogen-bond donors (Lipinski definition) is 1. The van der Waals surface area contributed by atoms with Crippen LogP contribution in [0.4, 0.5) is 0 Å². The number of carbonyl (C=O) groups is 1. The van der Waals surface area contributed by atoms with E-state index in [0.717, 1.165) is 0 Å². The second-order valence-electron chi connectivity index (χ2n) is 3.85. The van der Waals surface area contributed by atoms with Gasteiger partial charge >= 0.3 is 5.97 Å². The first-order chi connectivity index (χ1) is 9.06. The second-order valence-corrected chi connectivity index (χ2v) is 4.72. The summed E-state index contributed by atoms with van der Waals surface area (Å²) in [6.07, 6.45) is -1.11. The van der Waals surface area contributed by atoms with Gasteiger partial charge in [-0.25, -0.2) is 4.79 Å². The van der Waals surface area contributed by atoms with Crippen LogP contribution in [0.2, 0.25) is 10.0 Å². The van der Waals surface area contributed by atoms with Crippen molar-refractivity contribution in [3.63, 3.8) is 0 Å². The monoisotopic (exact) mass is 296 g/mol. The van der Waals surface area contributed by atoms with E-state index in [1.165, 1.54) is 0 Å². The van der Waals surface area contributed by atoms with Crippen molar-refractivity contribution in [3.8, 4) is 5.75 Å². The molecule has 0 heterocycles. The summed E-state index contributed by atoms with van der Waals surface area (Å²) in [6.45, 7) is 0. The average Bonchev–Trinajstić information content (AvgIpc) is 2.37. The van der Waals surface area contributed by atoms with E-state index in [4.69, 9.17) is 27.9 Å². The van der Waals surface area contributed by atoms with Crippen molar-refractivity contribution in [1.29, 1.82) is 0 Å². The van der Waals surface area contributed by atoms with Crippen LogP contribution >= 0.6 is 23.2 Å². The van der Waals surface area contributed by atoms with Crippen LogP contribution in [0.3, 0.4) is 0 Å². The van der Waals surface area contributed by atoms with E-state index in [2.05, 4.69) is 0 Å². The number of benzene rings is 2. The zero-order chi connectivity index (χ0) is 13.8. The van der Waals surface area contributed by atoms with Gasteiger partial charge in [-0.1, -0.05) is 35.3 Å². The third kappa shape index (κ3) is 3.63. The predicted octanol–water partition coefficient (Wildman–Crippen LogP) is 4.20. The van der Waals surface area contributed by atoms with Gasteiger partial charge in [0.1, 0.15) is 5.75 Å². The number of halogens is 2. The molecule has 0 aromatic heterocycles. The molecule has 3 nitrogen and oxygen atoms in total. The van der Waals surface area contributed by atoms with Crippen LogP contribution in [-0.4, -0.2) is 11.1 Å². The van der Waals surface area contributed by atoms with Crippen molar-refractivity contribution in [2.75, 3.05) is 0 Å². The van der Waals surface area contributed by atoms with Crippen molar-refractivity contribution in [2.45, 2.75) is 6.10 Å². The Morgan fingerprint density at radius 1 is 1.05 bits per heavy atom. The summed E-state index contributed by atoms with van der Waals surface area (Å²) in [5.41, 5.74) is 0.481. The smallest absolute Gasteiger partial charge is 0.349 e. The van der Waals surface area contributed by atoms with E-state index in [-0.39, 0.29) is 0 Å². The van der Waals surface area contributed by atoms with E-state index in [9.17, 15) is 9.90 Å². The highest BCUT2D eigenvalue weighted by molar-refractivity contribution is 6.30. The molecule has 19 heavy (non-hydrogen) atoms. The molecule has 0 fully saturated rings. The van der Waals surface area contributed by atoms with Gasteiger partial charge in [0.05, 0.1) is 0 Å². The van der Waals surface area contributed by atoms with Crippen LogP contribution < -0.4 is 4.74 Å². The van der Waals surface area contributed by atoms with Crippen LogP contribution in [0.1, 0.15) is 11.7 Å². The highest BCUT2D eigenvalue weighted by Gasteiger charge is 2.22. The summed E-state index contributed by atoms with van der Waals surface area (Å²) >= 11 is 11.6. The van der Waals surface area contributed by atoms with Crippen molar-refractivity contribution in [2.24, 2.45) is 0 Å². The molecular weight excluding hydrogens is 287 g/mol. The molecule has 0 aliphatic rings. The predicted molar refractivity (Wildman–Crippen MR) is 73.9 cm³/mol. The molecule has 0 radical (unpaired) electrons. The fourth-order valence-electron chi connectivity index (χ4n) is 1.58. The molecule has 1 N–H and O–H groups in total. The van der Waals surface area contributed by atoms with Gasteiger partial charge in [0.15, 0.2) is 0 Å². The third-order valence-corrected chi connectivity index (χ3v) is 2.93. The molecule has 5 heteroatoms. The lowest BCUT2D eigenvalue weighted by molar-refractivity contribution is -0.145. The lowest BCUT2D eigenvalue weighted by atomic mass is 10.1. The van der Waals surface area contributed by atoms with E-state index in [1.807, 2.05) is 0 Å². The Hall–Kier alpha value is -1.71. The van der Waals surface area contributed by atoms with Crippen molar-refractivity contribution < 1.29 is 14.6 Å². The second kappa shape index (κ2) is 5.95. The molecule has 0 aliphatic carbocycles. The molecule has 2 aromatic carbocycles. The highest BCUT2D eigenvalue weighted by Crippen LogP contribution is 2.25. The number of aliphatic carboxylic acids is 1. The topological polar surface area (TPSA) is 46.5 Å². The van der Waals surface area contributed by atoms with E-state index in [0.29, 0.717) is 21.4 Å². The standard InChI is InChI=1S/C14H10Cl2O3/c15-10-4-6-12(7-5-10)19-13(14(17)18)9-2-1-3-11(16)8-9/h1-8,13H,(H,17,18). The Morgan fingerprint density at radius 3 is 2.32 bits per heavy atom. The molecule has 98 valence electrons. The zero-order valence-corrected chi connectivity index (χ0v) is 11.2. The van der Waals surface area contributed by atoms with Crippen molar-refractivity contribution in [3.05, 3.63) is 64.1 Å². The van der Waals surface area contributed by atoms with Crippen molar-refractivity contribution >= 4 is 29.2 Å². The molecule has 0 saturated heterocycles. The number of hydrogen-bond acceptors (Lipinski definition) is 2. The normalized spacial score (nSPS) is 11.9. The Kier molecular flexibility index (Phi) is 4.30. The largest absolute Gasteiger partial charge is 0.478 e. The minimum atomic E-state index is -1.11. The summed E-state index contributed by atoms with van der Waals surface area (Å²) in [5.74, 6) is -0.658.